The van der Waals surface area contributed by atoms with Crippen molar-refractivity contribution in [2.45, 2.75) is 65.0 Å². The predicted octanol–water partition coefficient (Wildman–Crippen LogP) is 2.53. The molecule has 1 aliphatic heterocycles. The van der Waals surface area contributed by atoms with Crippen LogP contribution in [-0.2, 0) is 23.7 Å². The van der Waals surface area contributed by atoms with Gasteiger partial charge in [-0.15, -0.1) is 0 Å². The van der Waals surface area contributed by atoms with E-state index < -0.39 is 42.5 Å². The standard InChI is InChI=1S/C22H30BCl2N3O6/c1-12(2)8-17(23-33-16(21(32)34-23)10-18(29)28-22(3,4)5)27-19(30)11-26-20(31)14-9-13(24)6-7-15(14)25/h6-7,9,12,16-17H,8,10-11H2,1-5H3,(H,26,31)(H,27,30)(H,28,29)/t16?,17-/m0/s1. The van der Waals surface area contributed by atoms with E-state index in [4.69, 9.17) is 32.5 Å². The van der Waals surface area contributed by atoms with Crippen LogP contribution < -0.4 is 16.0 Å². The van der Waals surface area contributed by atoms with E-state index >= 15 is 0 Å². The summed E-state index contributed by atoms with van der Waals surface area (Å²) in [6.45, 7) is 9.02. The summed E-state index contributed by atoms with van der Waals surface area (Å²) in [5, 5.41) is 8.53. The lowest BCUT2D eigenvalue weighted by molar-refractivity contribution is -0.139. The van der Waals surface area contributed by atoms with Gasteiger partial charge in [0.25, 0.3) is 5.91 Å². The van der Waals surface area contributed by atoms with Crippen LogP contribution in [0.25, 0.3) is 0 Å². The Morgan fingerprint density at radius 3 is 2.44 bits per heavy atom. The fraction of sp³-hybridized carbons (Fsp3) is 0.545. The molecule has 1 aliphatic rings. The SMILES string of the molecule is CC(C)C[C@H](NC(=O)CNC(=O)c1cc(Cl)ccc1Cl)B1OC(=O)C(CC(=O)NC(C)(C)C)O1. The Balaban J connectivity index is 1.96. The highest BCUT2D eigenvalue weighted by molar-refractivity contribution is 6.51. The summed E-state index contributed by atoms with van der Waals surface area (Å²) in [5.41, 5.74) is -0.308. The topological polar surface area (TPSA) is 123 Å². The highest BCUT2D eigenvalue weighted by Crippen LogP contribution is 2.21. The van der Waals surface area contributed by atoms with E-state index in [2.05, 4.69) is 16.0 Å². The summed E-state index contributed by atoms with van der Waals surface area (Å²) in [5.74, 6) is -2.61. The Hall–Kier alpha value is -2.30. The van der Waals surface area contributed by atoms with Crippen LogP contribution in [0, 0.1) is 5.92 Å². The van der Waals surface area contributed by atoms with Crippen LogP contribution in [0.15, 0.2) is 18.2 Å². The smallest absolute Gasteiger partial charge is 0.506 e. The lowest BCUT2D eigenvalue weighted by atomic mass is 9.74. The second kappa shape index (κ2) is 11.9. The predicted molar refractivity (Wildman–Crippen MR) is 129 cm³/mol. The van der Waals surface area contributed by atoms with Gasteiger partial charge in [0.15, 0.2) is 0 Å². The summed E-state index contributed by atoms with van der Waals surface area (Å²) >= 11 is 11.9. The van der Waals surface area contributed by atoms with Crippen molar-refractivity contribution in [3.63, 3.8) is 0 Å². The van der Waals surface area contributed by atoms with E-state index in [-0.39, 0.29) is 35.4 Å². The molecule has 186 valence electrons. The lowest BCUT2D eigenvalue weighted by Crippen LogP contribution is -2.51. The van der Waals surface area contributed by atoms with Crippen molar-refractivity contribution in [3.8, 4) is 0 Å². The Bertz CT molecular complexity index is 938. The first-order valence-electron chi connectivity index (χ1n) is 10.9. The summed E-state index contributed by atoms with van der Waals surface area (Å²) in [6, 6.07) is 4.44. The molecule has 3 amide bonds. The maximum absolute atomic E-state index is 12.5. The number of hydrogen-bond donors (Lipinski definition) is 3. The fourth-order valence-corrected chi connectivity index (χ4v) is 3.69. The molecular formula is C22H30BCl2N3O6. The van der Waals surface area contributed by atoms with Crippen molar-refractivity contribution in [2.24, 2.45) is 5.92 Å². The van der Waals surface area contributed by atoms with E-state index in [1.807, 2.05) is 34.6 Å². The minimum Gasteiger partial charge on any atom is -0.506 e. The van der Waals surface area contributed by atoms with Crippen LogP contribution in [0.2, 0.25) is 10.0 Å². The maximum Gasteiger partial charge on any atom is 0.552 e. The van der Waals surface area contributed by atoms with Gasteiger partial charge in [-0.3, -0.25) is 19.2 Å². The summed E-state index contributed by atoms with van der Waals surface area (Å²) in [6.07, 6.45) is -0.812. The first-order chi connectivity index (χ1) is 15.7. The van der Waals surface area contributed by atoms with Crippen LogP contribution in [0.3, 0.4) is 0 Å². The highest BCUT2D eigenvalue weighted by Gasteiger charge is 2.46. The number of rotatable bonds is 9. The molecule has 1 fully saturated rings. The Morgan fingerprint density at radius 1 is 1.15 bits per heavy atom. The average Bonchev–Trinajstić information content (AvgIpc) is 3.06. The van der Waals surface area contributed by atoms with E-state index in [0.29, 0.717) is 11.4 Å². The molecule has 1 unspecified atom stereocenters. The van der Waals surface area contributed by atoms with Gasteiger partial charge in [0.05, 0.1) is 29.5 Å². The van der Waals surface area contributed by atoms with Gasteiger partial charge >= 0.3 is 13.1 Å². The van der Waals surface area contributed by atoms with E-state index in [1.165, 1.54) is 12.1 Å². The molecular weight excluding hydrogens is 484 g/mol. The van der Waals surface area contributed by atoms with Crippen LogP contribution in [0.5, 0.6) is 0 Å². The molecule has 0 aliphatic carbocycles. The molecule has 9 nitrogen and oxygen atoms in total. The fourth-order valence-electron chi connectivity index (χ4n) is 3.31. The van der Waals surface area contributed by atoms with Gasteiger partial charge in [-0.25, -0.2) is 0 Å². The number of amides is 3. The lowest BCUT2D eigenvalue weighted by Gasteiger charge is -2.22. The van der Waals surface area contributed by atoms with Crippen molar-refractivity contribution in [1.29, 1.82) is 0 Å². The Labute approximate surface area is 209 Å². The minimum absolute atomic E-state index is 0.135. The number of carbonyl (C=O) groups is 4. The molecule has 0 bridgehead atoms. The van der Waals surface area contributed by atoms with Crippen molar-refractivity contribution >= 4 is 54.0 Å². The first-order valence-corrected chi connectivity index (χ1v) is 11.7. The number of nitrogens with one attached hydrogen (secondary N) is 3. The van der Waals surface area contributed by atoms with Gasteiger partial charge in [0.1, 0.15) is 6.10 Å². The molecule has 2 atom stereocenters. The number of carbonyl (C=O) groups excluding carboxylic acids is 4. The van der Waals surface area contributed by atoms with Gasteiger partial charge in [0.2, 0.25) is 11.8 Å². The molecule has 34 heavy (non-hydrogen) atoms. The summed E-state index contributed by atoms with van der Waals surface area (Å²) in [4.78, 5) is 49.3. The van der Waals surface area contributed by atoms with E-state index in [1.54, 1.807) is 6.07 Å². The zero-order valence-electron chi connectivity index (χ0n) is 19.9. The molecule has 2 rings (SSSR count). The van der Waals surface area contributed by atoms with Crippen LogP contribution in [0.4, 0.5) is 0 Å². The van der Waals surface area contributed by atoms with Crippen LogP contribution in [-0.4, -0.2) is 54.9 Å². The van der Waals surface area contributed by atoms with Crippen molar-refractivity contribution in [1.82, 2.24) is 16.0 Å². The normalized spacial score (nSPS) is 16.8. The van der Waals surface area contributed by atoms with E-state index in [9.17, 15) is 19.2 Å². The van der Waals surface area contributed by atoms with Crippen molar-refractivity contribution < 1.29 is 28.5 Å². The molecule has 12 heteroatoms. The third kappa shape index (κ3) is 8.81. The molecule has 0 aromatic heterocycles. The molecule has 0 saturated carbocycles. The van der Waals surface area contributed by atoms with Gasteiger partial charge in [-0.2, -0.15) is 0 Å². The molecule has 0 spiro atoms. The summed E-state index contributed by atoms with van der Waals surface area (Å²) < 4.78 is 11.0. The minimum atomic E-state index is -1.07. The molecule has 0 radical (unpaired) electrons. The van der Waals surface area contributed by atoms with Crippen LogP contribution in [0.1, 0.15) is 57.8 Å². The zero-order chi connectivity index (χ0) is 25.6. The van der Waals surface area contributed by atoms with Crippen LogP contribution >= 0.6 is 23.2 Å². The highest BCUT2D eigenvalue weighted by atomic mass is 35.5. The third-order valence-corrected chi connectivity index (χ3v) is 5.23. The van der Waals surface area contributed by atoms with Gasteiger partial charge in [-0.05, 0) is 51.3 Å². The Kier molecular flexibility index (Phi) is 9.79. The largest absolute Gasteiger partial charge is 0.552 e. The molecule has 1 saturated heterocycles. The maximum atomic E-state index is 12.5. The number of halogens is 2. The molecule has 1 aromatic carbocycles. The number of hydrogen-bond acceptors (Lipinski definition) is 6. The average molecular weight is 514 g/mol. The van der Waals surface area contributed by atoms with Crippen molar-refractivity contribution in [2.75, 3.05) is 6.54 Å². The van der Waals surface area contributed by atoms with Crippen molar-refractivity contribution in [3.05, 3.63) is 33.8 Å². The Morgan fingerprint density at radius 2 is 1.82 bits per heavy atom. The zero-order valence-corrected chi connectivity index (χ0v) is 21.4. The van der Waals surface area contributed by atoms with Gasteiger partial charge in [0, 0.05) is 10.6 Å². The van der Waals surface area contributed by atoms with Gasteiger partial charge < -0.3 is 25.3 Å². The number of benzene rings is 1. The quantitative estimate of drug-likeness (QED) is 0.436. The second-order valence-corrected chi connectivity index (χ2v) is 10.4. The second-order valence-electron chi connectivity index (χ2n) is 9.54. The van der Waals surface area contributed by atoms with Gasteiger partial charge in [-0.1, -0.05) is 37.0 Å². The third-order valence-electron chi connectivity index (χ3n) is 4.66. The van der Waals surface area contributed by atoms with E-state index in [0.717, 1.165) is 0 Å². The molecule has 3 N–H and O–H groups in total. The monoisotopic (exact) mass is 513 g/mol. The molecule has 1 aromatic rings. The molecule has 1 heterocycles. The first kappa shape index (κ1) is 27.9. The summed E-state index contributed by atoms with van der Waals surface area (Å²) in [7, 11) is -1.05.